The van der Waals surface area contributed by atoms with E-state index in [1.807, 2.05) is 18.4 Å². The van der Waals surface area contributed by atoms with Crippen LogP contribution >= 0.6 is 11.8 Å². The van der Waals surface area contributed by atoms with Gasteiger partial charge in [-0.3, -0.25) is 0 Å². The summed E-state index contributed by atoms with van der Waals surface area (Å²) in [6, 6.07) is 25.5. The molecule has 0 aliphatic carbocycles. The van der Waals surface area contributed by atoms with Gasteiger partial charge in [0.1, 0.15) is 6.07 Å². The Kier molecular flexibility index (Phi) is 5.03. The van der Waals surface area contributed by atoms with Crippen LogP contribution in [0.3, 0.4) is 0 Å². The molecule has 2 heteroatoms. The minimum atomic E-state index is 0.799. The van der Waals surface area contributed by atoms with Crippen molar-refractivity contribution in [1.82, 2.24) is 0 Å². The first-order chi connectivity index (χ1) is 11.7. The topological polar surface area (TPSA) is 23.8 Å². The van der Waals surface area contributed by atoms with Gasteiger partial charge in [0, 0.05) is 4.90 Å². The van der Waals surface area contributed by atoms with E-state index in [0.717, 1.165) is 22.4 Å². The van der Waals surface area contributed by atoms with Crippen LogP contribution in [-0.2, 0) is 6.42 Å². The van der Waals surface area contributed by atoms with Crippen molar-refractivity contribution >= 4 is 11.8 Å². The normalized spacial score (nSPS) is 10.4. The summed E-state index contributed by atoms with van der Waals surface area (Å²) in [4.78, 5) is 1.05. The van der Waals surface area contributed by atoms with E-state index in [1.165, 1.54) is 22.3 Å². The van der Waals surface area contributed by atoms with Crippen LogP contribution in [0.2, 0.25) is 0 Å². The molecule has 0 N–H and O–H groups in total. The molecule has 0 heterocycles. The first-order valence-electron chi connectivity index (χ1n) is 7.94. The molecular formula is C22H19NS. The smallest absolute Gasteiger partial charge is 0.101 e. The molecule has 3 aromatic rings. The summed E-state index contributed by atoms with van der Waals surface area (Å²) < 4.78 is 0. The molecule has 0 bridgehead atoms. The first kappa shape index (κ1) is 16.4. The van der Waals surface area contributed by atoms with Gasteiger partial charge in [-0.25, -0.2) is 0 Å². The third-order valence-corrected chi connectivity index (χ3v) is 5.08. The molecule has 0 atom stereocenters. The number of nitriles is 1. The van der Waals surface area contributed by atoms with Crippen LogP contribution in [0.4, 0.5) is 0 Å². The Balaban J connectivity index is 2.22. The van der Waals surface area contributed by atoms with E-state index < -0.39 is 0 Å². The number of benzene rings is 3. The third-order valence-electron chi connectivity index (χ3n) is 4.31. The predicted molar refractivity (Wildman–Crippen MR) is 102 cm³/mol. The Bertz CT molecular complexity index is 877. The van der Waals surface area contributed by atoms with Crippen molar-refractivity contribution in [2.75, 3.05) is 6.26 Å². The fourth-order valence-electron chi connectivity index (χ4n) is 3.03. The Morgan fingerprint density at radius 1 is 0.958 bits per heavy atom. The second-order valence-corrected chi connectivity index (χ2v) is 6.59. The van der Waals surface area contributed by atoms with E-state index in [-0.39, 0.29) is 0 Å². The summed E-state index contributed by atoms with van der Waals surface area (Å²) in [5.41, 5.74) is 6.81. The zero-order chi connectivity index (χ0) is 16.9. The van der Waals surface area contributed by atoms with E-state index >= 15 is 0 Å². The van der Waals surface area contributed by atoms with Crippen molar-refractivity contribution in [2.45, 2.75) is 18.2 Å². The Hall–Kier alpha value is -2.50. The molecule has 0 aromatic heterocycles. The minimum Gasteiger partial charge on any atom is -0.192 e. The molecule has 24 heavy (non-hydrogen) atoms. The van der Waals surface area contributed by atoms with Gasteiger partial charge in [-0.05, 0) is 53.5 Å². The second-order valence-electron chi connectivity index (χ2n) is 5.75. The van der Waals surface area contributed by atoms with Crippen LogP contribution in [0.1, 0.15) is 22.3 Å². The van der Waals surface area contributed by atoms with Crippen LogP contribution in [0, 0.1) is 18.3 Å². The second kappa shape index (κ2) is 7.38. The zero-order valence-electron chi connectivity index (χ0n) is 13.9. The highest BCUT2D eigenvalue weighted by Crippen LogP contribution is 2.35. The van der Waals surface area contributed by atoms with Crippen LogP contribution in [0.15, 0.2) is 71.6 Å². The third kappa shape index (κ3) is 3.22. The molecule has 0 radical (unpaired) electrons. The van der Waals surface area contributed by atoms with Gasteiger partial charge < -0.3 is 0 Å². The van der Waals surface area contributed by atoms with Crippen molar-refractivity contribution in [2.24, 2.45) is 0 Å². The van der Waals surface area contributed by atoms with Gasteiger partial charge in [-0.1, -0.05) is 60.7 Å². The highest BCUT2D eigenvalue weighted by molar-refractivity contribution is 7.98. The number of hydrogen-bond donors (Lipinski definition) is 0. The van der Waals surface area contributed by atoms with Crippen LogP contribution < -0.4 is 0 Å². The fourth-order valence-corrected chi connectivity index (χ4v) is 3.67. The molecule has 0 amide bonds. The molecule has 0 aliphatic rings. The molecular weight excluding hydrogens is 310 g/mol. The molecule has 0 saturated heterocycles. The van der Waals surface area contributed by atoms with Crippen molar-refractivity contribution in [3.05, 3.63) is 89.0 Å². The van der Waals surface area contributed by atoms with Crippen LogP contribution in [-0.4, -0.2) is 6.26 Å². The van der Waals surface area contributed by atoms with Crippen molar-refractivity contribution in [3.8, 4) is 17.2 Å². The van der Waals surface area contributed by atoms with E-state index in [2.05, 4.69) is 67.6 Å². The van der Waals surface area contributed by atoms with Gasteiger partial charge in [-0.15, -0.1) is 11.8 Å². The monoisotopic (exact) mass is 329 g/mol. The fraction of sp³-hybridized carbons (Fsp3) is 0.136. The molecule has 118 valence electrons. The van der Waals surface area contributed by atoms with E-state index in [1.54, 1.807) is 11.8 Å². The maximum absolute atomic E-state index is 9.62. The van der Waals surface area contributed by atoms with E-state index in [4.69, 9.17) is 0 Å². The maximum atomic E-state index is 9.62. The first-order valence-corrected chi connectivity index (χ1v) is 9.17. The van der Waals surface area contributed by atoms with Gasteiger partial charge in [0.15, 0.2) is 0 Å². The summed E-state index contributed by atoms with van der Waals surface area (Å²) in [7, 11) is 0. The van der Waals surface area contributed by atoms with Gasteiger partial charge in [0.25, 0.3) is 0 Å². The van der Waals surface area contributed by atoms with Crippen molar-refractivity contribution < 1.29 is 0 Å². The Morgan fingerprint density at radius 2 is 1.58 bits per heavy atom. The molecule has 0 fully saturated rings. The average molecular weight is 329 g/mol. The number of rotatable bonds is 4. The predicted octanol–water partition coefficient (Wildman–Crippen LogP) is 5.85. The summed E-state index contributed by atoms with van der Waals surface area (Å²) in [6.07, 6.45) is 2.86. The lowest BCUT2D eigenvalue weighted by atomic mass is 9.89. The number of thioether (sulfide) groups is 1. The quantitative estimate of drug-likeness (QED) is 0.561. The Labute approximate surface area is 148 Å². The molecule has 1 nitrogen and oxygen atoms in total. The zero-order valence-corrected chi connectivity index (χ0v) is 14.7. The molecule has 3 aromatic carbocycles. The standard InChI is InChI=1S/C22H19NS/c1-16-19(13-17-9-5-3-6-10-17)20(18-11-7-4-8-12-18)14-22(24-2)21(16)15-23/h3-12,14H,13H2,1-2H3. The summed E-state index contributed by atoms with van der Waals surface area (Å²) in [6.45, 7) is 2.07. The van der Waals surface area contributed by atoms with E-state index in [9.17, 15) is 5.26 Å². The minimum absolute atomic E-state index is 0.799. The van der Waals surface area contributed by atoms with Crippen molar-refractivity contribution in [3.63, 3.8) is 0 Å². The lowest BCUT2D eigenvalue weighted by Crippen LogP contribution is -2.00. The lowest BCUT2D eigenvalue weighted by Gasteiger charge is -2.17. The lowest BCUT2D eigenvalue weighted by molar-refractivity contribution is 1.13. The van der Waals surface area contributed by atoms with Crippen LogP contribution in [0.25, 0.3) is 11.1 Å². The maximum Gasteiger partial charge on any atom is 0.101 e. The molecule has 0 spiro atoms. The summed E-state index contributed by atoms with van der Waals surface area (Å²) >= 11 is 1.64. The molecule has 3 rings (SSSR count). The van der Waals surface area contributed by atoms with Gasteiger partial charge in [-0.2, -0.15) is 5.26 Å². The van der Waals surface area contributed by atoms with Gasteiger partial charge in [0.05, 0.1) is 5.56 Å². The van der Waals surface area contributed by atoms with Crippen LogP contribution in [0.5, 0.6) is 0 Å². The summed E-state index contributed by atoms with van der Waals surface area (Å²) in [5, 5.41) is 9.62. The molecule has 0 unspecified atom stereocenters. The van der Waals surface area contributed by atoms with E-state index in [0.29, 0.717) is 0 Å². The highest BCUT2D eigenvalue weighted by Gasteiger charge is 2.16. The number of hydrogen-bond acceptors (Lipinski definition) is 2. The molecule has 0 saturated carbocycles. The Morgan fingerprint density at radius 3 is 2.17 bits per heavy atom. The highest BCUT2D eigenvalue weighted by atomic mass is 32.2. The van der Waals surface area contributed by atoms with Gasteiger partial charge in [0.2, 0.25) is 0 Å². The molecule has 0 aliphatic heterocycles. The number of nitrogens with zero attached hydrogens (tertiary/aromatic N) is 1. The van der Waals surface area contributed by atoms with Crippen molar-refractivity contribution in [1.29, 1.82) is 5.26 Å². The SMILES string of the molecule is CSc1cc(-c2ccccc2)c(Cc2ccccc2)c(C)c1C#N. The largest absolute Gasteiger partial charge is 0.192 e. The van der Waals surface area contributed by atoms with Gasteiger partial charge >= 0.3 is 0 Å². The summed E-state index contributed by atoms with van der Waals surface area (Å²) in [5.74, 6) is 0. The average Bonchev–Trinajstić information content (AvgIpc) is 2.64.